The number of piperidine rings is 1. The summed E-state index contributed by atoms with van der Waals surface area (Å²) >= 11 is 0. The lowest BCUT2D eigenvalue weighted by Gasteiger charge is -2.33. The fourth-order valence-corrected chi connectivity index (χ4v) is 4.36. The van der Waals surface area contributed by atoms with Crippen LogP contribution >= 0.6 is 12.4 Å². The minimum atomic E-state index is 0. The average molecular weight is 378 g/mol. The fraction of sp³-hybridized carbons (Fsp3) is 0.667. The van der Waals surface area contributed by atoms with Crippen molar-refractivity contribution in [3.05, 3.63) is 35.4 Å². The third-order valence-corrected chi connectivity index (χ3v) is 5.95. The number of carbonyl (C=O) groups is 1. The summed E-state index contributed by atoms with van der Waals surface area (Å²) < 4.78 is 0. The Hall–Kier alpha value is -1.10. The number of carbonyl (C=O) groups excluding carboxylic acids is 1. The molecule has 1 saturated carbocycles. The van der Waals surface area contributed by atoms with Crippen LogP contribution in [0.15, 0.2) is 24.3 Å². The molecule has 5 heteroatoms. The van der Waals surface area contributed by atoms with E-state index in [1.807, 2.05) is 0 Å². The fourth-order valence-electron chi connectivity index (χ4n) is 4.36. The Bertz CT molecular complexity index is 599. The van der Waals surface area contributed by atoms with E-state index in [9.17, 15) is 4.79 Å². The van der Waals surface area contributed by atoms with E-state index in [0.717, 1.165) is 44.9 Å². The largest absolute Gasteiger partial charge is 0.354 e. The minimum absolute atomic E-state index is 0. The van der Waals surface area contributed by atoms with E-state index in [1.165, 1.54) is 43.4 Å². The molecule has 3 fully saturated rings. The summed E-state index contributed by atoms with van der Waals surface area (Å²) in [5.74, 6) is 1.62. The lowest BCUT2D eigenvalue weighted by atomic mass is 9.97. The Morgan fingerprint density at radius 1 is 1.19 bits per heavy atom. The van der Waals surface area contributed by atoms with Gasteiger partial charge in [-0.1, -0.05) is 24.3 Å². The third kappa shape index (κ3) is 5.21. The highest BCUT2D eigenvalue weighted by Gasteiger charge is 2.26. The van der Waals surface area contributed by atoms with Crippen molar-refractivity contribution in [2.75, 3.05) is 26.2 Å². The number of hydrogen-bond donors (Lipinski definition) is 2. The van der Waals surface area contributed by atoms with Gasteiger partial charge in [0, 0.05) is 19.6 Å². The molecule has 144 valence electrons. The predicted molar refractivity (Wildman–Crippen MR) is 108 cm³/mol. The van der Waals surface area contributed by atoms with Crippen molar-refractivity contribution in [2.24, 2.45) is 5.92 Å². The zero-order chi connectivity index (χ0) is 17.1. The second-order valence-corrected chi connectivity index (χ2v) is 8.16. The van der Waals surface area contributed by atoms with Crippen LogP contribution in [0.2, 0.25) is 0 Å². The van der Waals surface area contributed by atoms with Gasteiger partial charge >= 0.3 is 0 Å². The molecule has 0 radical (unpaired) electrons. The summed E-state index contributed by atoms with van der Waals surface area (Å²) in [5, 5.41) is 6.47. The number of hydrogen-bond acceptors (Lipinski definition) is 3. The Balaban J connectivity index is 0.00000196. The maximum atomic E-state index is 12.2. The Labute approximate surface area is 163 Å². The Morgan fingerprint density at radius 2 is 2.08 bits per heavy atom. The highest BCUT2D eigenvalue weighted by molar-refractivity contribution is 5.85. The molecular formula is C21H32ClN3O. The van der Waals surface area contributed by atoms with Gasteiger partial charge in [-0.2, -0.15) is 0 Å². The number of rotatable bonds is 6. The number of nitrogens with zero attached hydrogens (tertiary/aromatic N) is 1. The van der Waals surface area contributed by atoms with Crippen LogP contribution < -0.4 is 10.6 Å². The summed E-state index contributed by atoms with van der Waals surface area (Å²) in [5.41, 5.74) is 2.98. The van der Waals surface area contributed by atoms with Crippen molar-refractivity contribution in [2.45, 2.75) is 57.0 Å². The van der Waals surface area contributed by atoms with Crippen molar-refractivity contribution in [3.8, 4) is 0 Å². The molecule has 0 spiro atoms. The Kier molecular flexibility index (Phi) is 6.96. The van der Waals surface area contributed by atoms with E-state index in [0.29, 0.717) is 5.92 Å². The van der Waals surface area contributed by atoms with Gasteiger partial charge in [0.1, 0.15) is 0 Å². The molecule has 0 bridgehead atoms. The van der Waals surface area contributed by atoms with Gasteiger partial charge in [0.25, 0.3) is 0 Å². The zero-order valence-corrected chi connectivity index (χ0v) is 16.4. The number of amides is 1. The van der Waals surface area contributed by atoms with Crippen LogP contribution in [0.5, 0.6) is 0 Å². The molecule has 26 heavy (non-hydrogen) atoms. The van der Waals surface area contributed by atoms with Crippen LogP contribution in [-0.2, 0) is 11.3 Å². The quantitative estimate of drug-likeness (QED) is 0.800. The third-order valence-electron chi connectivity index (χ3n) is 5.95. The maximum absolute atomic E-state index is 12.2. The second kappa shape index (κ2) is 9.20. The Morgan fingerprint density at radius 3 is 2.85 bits per heavy atom. The molecule has 2 unspecified atom stereocenters. The molecule has 2 N–H and O–H groups in total. The molecule has 1 aromatic rings. The van der Waals surface area contributed by atoms with E-state index in [2.05, 4.69) is 39.8 Å². The molecule has 4 rings (SSSR count). The van der Waals surface area contributed by atoms with Crippen LogP contribution in [0, 0.1) is 5.92 Å². The maximum Gasteiger partial charge on any atom is 0.237 e. The average Bonchev–Trinajstić information content (AvgIpc) is 3.34. The van der Waals surface area contributed by atoms with Crippen molar-refractivity contribution in [1.29, 1.82) is 0 Å². The molecule has 1 aromatic carbocycles. The molecule has 2 aliphatic heterocycles. The molecule has 0 aromatic heterocycles. The first-order valence-corrected chi connectivity index (χ1v) is 10.1. The van der Waals surface area contributed by atoms with Gasteiger partial charge in [-0.15, -0.1) is 12.4 Å². The van der Waals surface area contributed by atoms with E-state index in [4.69, 9.17) is 0 Å². The SMILES string of the molecule is Cl.O=C(NCC1CCCN(Cc2cccc(C3CC3)c2)C1)C1CCCN1. The minimum Gasteiger partial charge on any atom is -0.354 e. The highest BCUT2D eigenvalue weighted by atomic mass is 35.5. The van der Waals surface area contributed by atoms with Gasteiger partial charge in [-0.05, 0) is 74.6 Å². The van der Waals surface area contributed by atoms with Crippen LogP contribution in [0.3, 0.4) is 0 Å². The summed E-state index contributed by atoms with van der Waals surface area (Å²) in [7, 11) is 0. The smallest absolute Gasteiger partial charge is 0.237 e. The summed E-state index contributed by atoms with van der Waals surface area (Å²) in [6, 6.07) is 9.23. The standard InChI is InChI=1S/C21H31N3O.ClH/c25-21(20-7-2-10-22-20)23-13-17-5-3-11-24(15-17)14-16-4-1-6-19(12-16)18-8-9-18;/h1,4,6,12,17-18,20,22H,2-3,5,7-11,13-15H2,(H,23,25);1H. The molecule has 3 aliphatic rings. The lowest BCUT2D eigenvalue weighted by Crippen LogP contribution is -2.45. The summed E-state index contributed by atoms with van der Waals surface area (Å²) in [6.45, 7) is 5.15. The topological polar surface area (TPSA) is 44.4 Å². The zero-order valence-electron chi connectivity index (χ0n) is 15.6. The van der Waals surface area contributed by atoms with Crippen LogP contribution in [0.25, 0.3) is 0 Å². The normalized spacial score (nSPS) is 26.3. The van der Waals surface area contributed by atoms with Gasteiger partial charge in [-0.3, -0.25) is 9.69 Å². The van der Waals surface area contributed by atoms with Crippen LogP contribution in [0.1, 0.15) is 55.6 Å². The summed E-state index contributed by atoms with van der Waals surface area (Å²) in [4.78, 5) is 14.8. The first kappa shape index (κ1) is 19.7. The molecular weight excluding hydrogens is 346 g/mol. The van der Waals surface area contributed by atoms with Gasteiger partial charge in [0.15, 0.2) is 0 Å². The summed E-state index contributed by atoms with van der Waals surface area (Å²) in [6.07, 6.45) is 7.31. The van der Waals surface area contributed by atoms with Crippen molar-refractivity contribution < 1.29 is 4.79 Å². The molecule has 1 amide bonds. The number of halogens is 1. The van der Waals surface area contributed by atoms with Crippen molar-refractivity contribution in [1.82, 2.24) is 15.5 Å². The number of likely N-dealkylation sites (tertiary alicyclic amines) is 1. The second-order valence-electron chi connectivity index (χ2n) is 8.16. The first-order valence-electron chi connectivity index (χ1n) is 10.1. The van der Waals surface area contributed by atoms with Gasteiger partial charge in [0.2, 0.25) is 5.91 Å². The van der Waals surface area contributed by atoms with Crippen LogP contribution in [-0.4, -0.2) is 43.0 Å². The predicted octanol–water partition coefficient (Wildman–Crippen LogP) is 3.07. The lowest BCUT2D eigenvalue weighted by molar-refractivity contribution is -0.123. The van der Waals surface area contributed by atoms with E-state index >= 15 is 0 Å². The van der Waals surface area contributed by atoms with Crippen LogP contribution in [0.4, 0.5) is 0 Å². The van der Waals surface area contributed by atoms with Crippen molar-refractivity contribution >= 4 is 18.3 Å². The molecule has 2 heterocycles. The molecule has 2 saturated heterocycles. The number of benzene rings is 1. The van der Waals surface area contributed by atoms with Gasteiger partial charge in [-0.25, -0.2) is 0 Å². The van der Waals surface area contributed by atoms with Gasteiger partial charge in [0.05, 0.1) is 6.04 Å². The van der Waals surface area contributed by atoms with Gasteiger partial charge < -0.3 is 10.6 Å². The number of nitrogens with one attached hydrogen (secondary N) is 2. The molecule has 1 aliphatic carbocycles. The highest BCUT2D eigenvalue weighted by Crippen LogP contribution is 2.40. The van der Waals surface area contributed by atoms with E-state index in [1.54, 1.807) is 0 Å². The van der Waals surface area contributed by atoms with E-state index < -0.39 is 0 Å². The van der Waals surface area contributed by atoms with Crippen molar-refractivity contribution in [3.63, 3.8) is 0 Å². The monoisotopic (exact) mass is 377 g/mol. The molecule has 4 nitrogen and oxygen atoms in total. The molecule has 2 atom stereocenters. The van der Waals surface area contributed by atoms with E-state index in [-0.39, 0.29) is 24.4 Å². The first-order chi connectivity index (χ1) is 12.3.